The van der Waals surface area contributed by atoms with Crippen molar-refractivity contribution in [3.05, 3.63) is 84.0 Å². The first-order valence-corrected chi connectivity index (χ1v) is 12.8. The average Bonchev–Trinajstić information content (AvgIpc) is 3.59. The molecule has 0 saturated carbocycles. The molecule has 2 aromatic carbocycles. The highest BCUT2D eigenvalue weighted by Crippen LogP contribution is 2.21. The molecule has 0 fully saturated rings. The Balaban J connectivity index is 1.21. The minimum absolute atomic E-state index is 0.523. The zero-order valence-corrected chi connectivity index (χ0v) is 21.2. The minimum Gasteiger partial charge on any atom is -0.489 e. The van der Waals surface area contributed by atoms with Crippen molar-refractivity contribution in [2.45, 2.75) is 46.1 Å². The van der Waals surface area contributed by atoms with Crippen LogP contribution in [0.1, 0.15) is 44.0 Å². The molecule has 0 radical (unpaired) electrons. The fraction of sp³-hybridized carbons (Fsp3) is 0.321. The minimum atomic E-state index is 0.523. The van der Waals surface area contributed by atoms with Gasteiger partial charge >= 0.3 is 0 Å². The van der Waals surface area contributed by atoms with E-state index in [1.54, 1.807) is 0 Å². The first kappa shape index (κ1) is 24.4. The van der Waals surface area contributed by atoms with Crippen molar-refractivity contribution >= 4 is 11.5 Å². The van der Waals surface area contributed by atoms with Crippen molar-refractivity contribution in [2.24, 2.45) is 0 Å². The van der Waals surface area contributed by atoms with Gasteiger partial charge in [0.05, 0.1) is 0 Å². The van der Waals surface area contributed by atoms with Crippen LogP contribution in [0.5, 0.6) is 5.75 Å². The number of hydrogen-bond acceptors (Lipinski definition) is 8. The Kier molecular flexibility index (Phi) is 7.69. The highest BCUT2D eigenvalue weighted by atomic mass is 16.5. The normalized spacial score (nSPS) is 11.2. The zero-order valence-electron chi connectivity index (χ0n) is 21.2. The molecule has 9 heteroatoms. The van der Waals surface area contributed by atoms with E-state index in [9.17, 15) is 0 Å². The quantitative estimate of drug-likeness (QED) is 0.233. The molecule has 190 valence electrons. The molecule has 0 unspecified atom stereocenters. The summed E-state index contributed by atoms with van der Waals surface area (Å²) in [6.07, 6.45) is 3.42. The molecule has 0 bridgehead atoms. The van der Waals surface area contributed by atoms with Gasteiger partial charge in [-0.15, -0.1) is 15.3 Å². The third kappa shape index (κ3) is 5.94. The van der Waals surface area contributed by atoms with Crippen molar-refractivity contribution in [3.63, 3.8) is 0 Å². The van der Waals surface area contributed by atoms with Gasteiger partial charge < -0.3 is 14.2 Å². The van der Waals surface area contributed by atoms with Crippen LogP contribution in [0.4, 0.5) is 5.82 Å². The van der Waals surface area contributed by atoms with Gasteiger partial charge in [0.2, 0.25) is 11.7 Å². The zero-order chi connectivity index (χ0) is 25.5. The third-order valence-electron chi connectivity index (χ3n) is 6.19. The van der Waals surface area contributed by atoms with E-state index in [4.69, 9.17) is 14.4 Å². The lowest BCUT2D eigenvalue weighted by Crippen LogP contribution is -2.25. The molecule has 0 aliphatic rings. The van der Waals surface area contributed by atoms with E-state index < -0.39 is 0 Å². The second-order valence-electron chi connectivity index (χ2n) is 8.82. The lowest BCUT2D eigenvalue weighted by Gasteiger charge is -2.21. The standard InChI is InChI=1S/C28H31N7O2/c1-3-5-19-34(4-2)26-16-15-24-30-31-25(35(24)32-26)17-18-27-29-28(33-37-27)22-11-13-23(14-12-22)36-20-21-9-7-6-8-10-21/h6-16H,3-5,17-20H2,1-2H3. The Bertz CT molecular complexity index is 1410. The van der Waals surface area contributed by atoms with Gasteiger partial charge in [0.15, 0.2) is 11.5 Å². The van der Waals surface area contributed by atoms with Gasteiger partial charge in [-0.05, 0) is 55.3 Å². The van der Waals surface area contributed by atoms with Crippen molar-refractivity contribution in [1.82, 2.24) is 30.0 Å². The van der Waals surface area contributed by atoms with Gasteiger partial charge in [-0.25, -0.2) is 0 Å². The van der Waals surface area contributed by atoms with Crippen LogP contribution in [-0.2, 0) is 19.4 Å². The number of rotatable bonds is 12. The van der Waals surface area contributed by atoms with Crippen LogP contribution >= 0.6 is 0 Å². The molecule has 3 heterocycles. The van der Waals surface area contributed by atoms with Crippen LogP contribution < -0.4 is 9.64 Å². The van der Waals surface area contributed by atoms with Crippen LogP contribution in [0.15, 0.2) is 71.3 Å². The number of aromatic nitrogens is 6. The van der Waals surface area contributed by atoms with Gasteiger partial charge in [0.1, 0.15) is 18.2 Å². The number of fused-ring (bicyclic) bond motifs is 1. The smallest absolute Gasteiger partial charge is 0.227 e. The lowest BCUT2D eigenvalue weighted by molar-refractivity contribution is 0.306. The molecule has 5 aromatic rings. The SMILES string of the molecule is CCCCN(CC)c1ccc2nnc(CCc3nc(-c4ccc(OCc5ccccc5)cc4)no3)n2n1. The molecule has 37 heavy (non-hydrogen) atoms. The van der Waals surface area contributed by atoms with Crippen LogP contribution in [0.2, 0.25) is 0 Å². The van der Waals surface area contributed by atoms with E-state index >= 15 is 0 Å². The Hall–Kier alpha value is -4.27. The molecular weight excluding hydrogens is 466 g/mol. The summed E-state index contributed by atoms with van der Waals surface area (Å²) in [6.45, 7) is 6.75. The van der Waals surface area contributed by atoms with Crippen molar-refractivity contribution in [1.29, 1.82) is 0 Å². The maximum atomic E-state index is 5.86. The number of hydrogen-bond donors (Lipinski definition) is 0. The van der Waals surface area contributed by atoms with E-state index in [-0.39, 0.29) is 0 Å². The summed E-state index contributed by atoms with van der Waals surface area (Å²) in [5.74, 6) is 3.58. The maximum absolute atomic E-state index is 5.86. The summed E-state index contributed by atoms with van der Waals surface area (Å²) < 4.78 is 13.2. The maximum Gasteiger partial charge on any atom is 0.227 e. The molecule has 0 amide bonds. The summed E-state index contributed by atoms with van der Waals surface area (Å²) in [4.78, 5) is 6.84. The first-order chi connectivity index (χ1) is 18.2. The molecule has 9 nitrogen and oxygen atoms in total. The molecule has 0 spiro atoms. The molecule has 0 aliphatic heterocycles. The largest absolute Gasteiger partial charge is 0.489 e. The second kappa shape index (κ2) is 11.6. The molecule has 5 rings (SSSR count). The molecule has 0 atom stereocenters. The number of nitrogens with zero attached hydrogens (tertiary/aromatic N) is 7. The monoisotopic (exact) mass is 497 g/mol. The Morgan fingerprint density at radius 1 is 0.919 bits per heavy atom. The molecule has 0 N–H and O–H groups in total. The van der Waals surface area contributed by atoms with Crippen LogP contribution in [0.3, 0.4) is 0 Å². The highest BCUT2D eigenvalue weighted by Gasteiger charge is 2.14. The second-order valence-corrected chi connectivity index (χ2v) is 8.82. The number of unbranched alkanes of at least 4 members (excludes halogenated alkanes) is 1. The summed E-state index contributed by atoms with van der Waals surface area (Å²) in [6, 6.07) is 21.8. The number of aryl methyl sites for hydroxylation is 2. The van der Waals surface area contributed by atoms with Gasteiger partial charge in [-0.3, -0.25) is 0 Å². The average molecular weight is 498 g/mol. The topological polar surface area (TPSA) is 94.5 Å². The first-order valence-electron chi connectivity index (χ1n) is 12.8. The number of anilines is 1. The summed E-state index contributed by atoms with van der Waals surface area (Å²) in [5.41, 5.74) is 2.72. The number of benzene rings is 2. The molecule has 0 saturated heterocycles. The van der Waals surface area contributed by atoms with Crippen LogP contribution in [0, 0.1) is 0 Å². The number of ether oxygens (including phenoxy) is 1. The van der Waals surface area contributed by atoms with Gasteiger partial charge in [-0.1, -0.05) is 48.8 Å². The van der Waals surface area contributed by atoms with Crippen LogP contribution in [-0.4, -0.2) is 43.0 Å². The van der Waals surface area contributed by atoms with Crippen molar-refractivity contribution < 1.29 is 9.26 Å². The third-order valence-corrected chi connectivity index (χ3v) is 6.19. The summed E-state index contributed by atoms with van der Waals surface area (Å²) >= 11 is 0. The molecular formula is C28H31N7O2. The van der Waals surface area contributed by atoms with E-state index in [1.807, 2.05) is 71.2 Å². The van der Waals surface area contributed by atoms with E-state index in [1.165, 1.54) is 0 Å². The van der Waals surface area contributed by atoms with E-state index in [0.717, 1.165) is 60.1 Å². The van der Waals surface area contributed by atoms with Gasteiger partial charge in [0, 0.05) is 31.5 Å². The van der Waals surface area contributed by atoms with E-state index in [2.05, 4.69) is 39.1 Å². The van der Waals surface area contributed by atoms with Crippen molar-refractivity contribution in [2.75, 3.05) is 18.0 Å². The Morgan fingerprint density at radius 2 is 1.76 bits per heavy atom. The Morgan fingerprint density at radius 3 is 2.54 bits per heavy atom. The fourth-order valence-electron chi connectivity index (χ4n) is 4.07. The van der Waals surface area contributed by atoms with Gasteiger partial charge in [0.25, 0.3) is 0 Å². The molecule has 0 aliphatic carbocycles. The summed E-state index contributed by atoms with van der Waals surface area (Å²) in [7, 11) is 0. The lowest BCUT2D eigenvalue weighted by atomic mass is 10.2. The van der Waals surface area contributed by atoms with E-state index in [0.29, 0.717) is 31.2 Å². The summed E-state index contributed by atoms with van der Waals surface area (Å²) in [5, 5.41) is 17.6. The highest BCUT2D eigenvalue weighted by molar-refractivity contribution is 5.55. The van der Waals surface area contributed by atoms with Gasteiger partial charge in [-0.2, -0.15) is 9.50 Å². The van der Waals surface area contributed by atoms with Crippen LogP contribution in [0.25, 0.3) is 17.0 Å². The predicted octanol–water partition coefficient (Wildman–Crippen LogP) is 5.16. The molecule has 3 aromatic heterocycles. The Labute approximate surface area is 216 Å². The fourth-order valence-corrected chi connectivity index (χ4v) is 4.07. The van der Waals surface area contributed by atoms with Crippen molar-refractivity contribution in [3.8, 4) is 17.1 Å². The predicted molar refractivity (Wildman–Crippen MR) is 141 cm³/mol.